The van der Waals surface area contributed by atoms with Crippen molar-refractivity contribution in [1.29, 1.82) is 0 Å². The average Bonchev–Trinajstić information content (AvgIpc) is 2.72. The number of aromatic nitrogens is 3. The van der Waals surface area contributed by atoms with Crippen LogP contribution in [0.2, 0.25) is 0 Å². The molecule has 0 atom stereocenters. The van der Waals surface area contributed by atoms with E-state index in [2.05, 4.69) is 20.2 Å². The van der Waals surface area contributed by atoms with Crippen LogP contribution in [0.3, 0.4) is 0 Å². The van der Waals surface area contributed by atoms with Gasteiger partial charge in [0.25, 0.3) is 0 Å². The Bertz CT molecular complexity index is 891. The largest absolute Gasteiger partial charge is 0.355 e. The lowest BCUT2D eigenvalue weighted by molar-refractivity contribution is -0.125. The fourth-order valence-corrected chi connectivity index (χ4v) is 3.31. The van der Waals surface area contributed by atoms with Gasteiger partial charge in [-0.05, 0) is 36.6 Å². The first-order valence-corrected chi connectivity index (χ1v) is 8.93. The number of piperidine rings is 1. The van der Waals surface area contributed by atoms with Gasteiger partial charge in [-0.1, -0.05) is 18.2 Å². The molecule has 132 valence electrons. The number of para-hydroxylation sites is 2. The van der Waals surface area contributed by atoms with Gasteiger partial charge in [0, 0.05) is 37.9 Å². The predicted molar refractivity (Wildman–Crippen MR) is 101 cm³/mol. The van der Waals surface area contributed by atoms with Gasteiger partial charge in [0.1, 0.15) is 5.82 Å². The molecule has 4 rings (SSSR count). The molecule has 3 heterocycles. The number of hydrogen-bond donors (Lipinski definition) is 1. The molecule has 1 N–H and O–H groups in total. The third kappa shape index (κ3) is 3.64. The number of rotatable bonds is 4. The van der Waals surface area contributed by atoms with Gasteiger partial charge in [-0.25, -0.2) is 4.98 Å². The van der Waals surface area contributed by atoms with E-state index in [1.54, 1.807) is 12.4 Å². The molecule has 26 heavy (non-hydrogen) atoms. The Labute approximate surface area is 152 Å². The number of nitrogens with one attached hydrogen (secondary N) is 1. The number of carbonyl (C=O) groups excluding carboxylic acids is 1. The molecular formula is C20H21N5O. The van der Waals surface area contributed by atoms with Gasteiger partial charge < -0.3 is 10.2 Å². The zero-order valence-corrected chi connectivity index (χ0v) is 14.5. The lowest BCUT2D eigenvalue weighted by atomic mass is 9.96. The van der Waals surface area contributed by atoms with Crippen LogP contribution in [0.15, 0.2) is 55.0 Å². The summed E-state index contributed by atoms with van der Waals surface area (Å²) in [6.07, 6.45) is 6.99. The minimum atomic E-state index is 0.0522. The van der Waals surface area contributed by atoms with Crippen LogP contribution in [0.25, 0.3) is 11.0 Å². The van der Waals surface area contributed by atoms with Crippen LogP contribution >= 0.6 is 0 Å². The van der Waals surface area contributed by atoms with Crippen molar-refractivity contribution in [3.05, 3.63) is 60.6 Å². The number of hydrogen-bond acceptors (Lipinski definition) is 5. The highest BCUT2D eigenvalue weighted by Gasteiger charge is 2.25. The molecule has 0 bridgehead atoms. The highest BCUT2D eigenvalue weighted by molar-refractivity contribution is 5.79. The number of pyridine rings is 1. The highest BCUT2D eigenvalue weighted by Crippen LogP contribution is 2.23. The topological polar surface area (TPSA) is 71.0 Å². The number of fused-ring (bicyclic) bond motifs is 1. The Hall–Kier alpha value is -3.02. The van der Waals surface area contributed by atoms with Gasteiger partial charge in [-0.2, -0.15) is 0 Å². The summed E-state index contributed by atoms with van der Waals surface area (Å²) in [6.45, 7) is 2.17. The third-order valence-electron chi connectivity index (χ3n) is 4.82. The van der Waals surface area contributed by atoms with Crippen molar-refractivity contribution in [3.8, 4) is 0 Å². The maximum atomic E-state index is 12.4. The van der Waals surface area contributed by atoms with Crippen LogP contribution in [-0.2, 0) is 11.3 Å². The molecule has 2 aromatic heterocycles. The number of benzene rings is 1. The van der Waals surface area contributed by atoms with Crippen LogP contribution in [0.1, 0.15) is 18.4 Å². The molecule has 1 aromatic carbocycles. The van der Waals surface area contributed by atoms with Crippen LogP contribution in [-0.4, -0.2) is 33.9 Å². The maximum absolute atomic E-state index is 12.4. The summed E-state index contributed by atoms with van der Waals surface area (Å²) >= 11 is 0. The Kier molecular flexibility index (Phi) is 4.73. The molecule has 1 aliphatic rings. The second-order valence-electron chi connectivity index (χ2n) is 6.56. The molecule has 3 aromatic rings. The highest BCUT2D eigenvalue weighted by atomic mass is 16.1. The molecule has 0 spiro atoms. The van der Waals surface area contributed by atoms with Crippen LogP contribution in [0.4, 0.5) is 5.82 Å². The van der Waals surface area contributed by atoms with E-state index in [4.69, 9.17) is 4.98 Å². The van der Waals surface area contributed by atoms with Gasteiger partial charge in [0.05, 0.1) is 17.2 Å². The zero-order valence-electron chi connectivity index (χ0n) is 14.5. The predicted octanol–water partition coefficient (Wildman–Crippen LogP) is 2.56. The van der Waals surface area contributed by atoms with Gasteiger partial charge in [0.2, 0.25) is 5.91 Å². The number of carbonyl (C=O) groups is 1. The van der Waals surface area contributed by atoms with E-state index in [-0.39, 0.29) is 11.8 Å². The van der Waals surface area contributed by atoms with Crippen LogP contribution in [0, 0.1) is 5.92 Å². The van der Waals surface area contributed by atoms with Crippen molar-refractivity contribution in [1.82, 2.24) is 20.3 Å². The third-order valence-corrected chi connectivity index (χ3v) is 4.82. The van der Waals surface area contributed by atoms with E-state index in [9.17, 15) is 4.79 Å². The molecule has 1 saturated heterocycles. The summed E-state index contributed by atoms with van der Waals surface area (Å²) in [5, 5.41) is 3.02. The van der Waals surface area contributed by atoms with Gasteiger partial charge in [-0.3, -0.25) is 14.8 Å². The quantitative estimate of drug-likeness (QED) is 0.785. The van der Waals surface area contributed by atoms with Gasteiger partial charge in [-0.15, -0.1) is 0 Å². The molecule has 1 amide bonds. The molecule has 0 radical (unpaired) electrons. The Morgan fingerprint density at radius 2 is 1.88 bits per heavy atom. The van der Waals surface area contributed by atoms with Gasteiger partial charge >= 0.3 is 0 Å². The van der Waals surface area contributed by atoms with Crippen molar-refractivity contribution in [2.75, 3.05) is 18.0 Å². The number of nitrogens with zero attached hydrogens (tertiary/aromatic N) is 4. The van der Waals surface area contributed by atoms with Crippen molar-refractivity contribution < 1.29 is 4.79 Å². The molecule has 6 heteroatoms. The first-order chi connectivity index (χ1) is 12.8. The molecule has 6 nitrogen and oxygen atoms in total. The summed E-state index contributed by atoms with van der Waals surface area (Å²) in [5.74, 6) is 1.06. The standard InChI is InChI=1S/C20H21N5O/c26-20(23-13-15-4-3-9-21-12-15)16-7-10-25(11-8-16)19-14-22-17-5-1-2-6-18(17)24-19/h1-6,9,12,14,16H,7-8,10-11,13H2,(H,23,26). The second-order valence-corrected chi connectivity index (χ2v) is 6.56. The smallest absolute Gasteiger partial charge is 0.223 e. The SMILES string of the molecule is O=C(NCc1cccnc1)C1CCN(c2cnc3ccccc3n2)CC1. The maximum Gasteiger partial charge on any atom is 0.223 e. The summed E-state index contributed by atoms with van der Waals surface area (Å²) in [6, 6.07) is 11.7. The summed E-state index contributed by atoms with van der Waals surface area (Å²) in [5.41, 5.74) is 2.83. The first kappa shape index (κ1) is 16.4. The Morgan fingerprint density at radius 1 is 1.08 bits per heavy atom. The Morgan fingerprint density at radius 3 is 2.65 bits per heavy atom. The molecule has 1 aliphatic heterocycles. The lowest BCUT2D eigenvalue weighted by Crippen LogP contribution is -2.40. The fourth-order valence-electron chi connectivity index (χ4n) is 3.31. The lowest BCUT2D eigenvalue weighted by Gasteiger charge is -2.32. The van der Waals surface area contributed by atoms with Crippen LogP contribution in [0.5, 0.6) is 0 Å². The normalized spacial score (nSPS) is 15.2. The van der Waals surface area contributed by atoms with Crippen molar-refractivity contribution in [2.45, 2.75) is 19.4 Å². The molecule has 1 fully saturated rings. The number of amides is 1. The first-order valence-electron chi connectivity index (χ1n) is 8.93. The van der Waals surface area contributed by atoms with E-state index < -0.39 is 0 Å². The summed E-state index contributed by atoms with van der Waals surface area (Å²) in [4.78, 5) is 27.9. The minimum absolute atomic E-state index is 0.0522. The van der Waals surface area contributed by atoms with Crippen LogP contribution < -0.4 is 10.2 Å². The Balaban J connectivity index is 1.33. The molecular weight excluding hydrogens is 326 g/mol. The summed E-state index contributed by atoms with van der Waals surface area (Å²) < 4.78 is 0. The van der Waals surface area contributed by atoms with Crippen molar-refractivity contribution >= 4 is 22.8 Å². The average molecular weight is 347 g/mol. The van der Waals surface area contributed by atoms with E-state index in [0.717, 1.165) is 48.3 Å². The van der Waals surface area contributed by atoms with E-state index in [1.165, 1.54) is 0 Å². The number of anilines is 1. The van der Waals surface area contributed by atoms with E-state index >= 15 is 0 Å². The molecule has 0 saturated carbocycles. The molecule has 0 unspecified atom stereocenters. The van der Waals surface area contributed by atoms with Gasteiger partial charge in [0.15, 0.2) is 0 Å². The fraction of sp³-hybridized carbons (Fsp3) is 0.300. The zero-order chi connectivity index (χ0) is 17.8. The van der Waals surface area contributed by atoms with Crippen molar-refractivity contribution in [2.24, 2.45) is 5.92 Å². The van der Waals surface area contributed by atoms with E-state index in [1.807, 2.05) is 42.6 Å². The second kappa shape index (κ2) is 7.47. The van der Waals surface area contributed by atoms with Crippen molar-refractivity contribution in [3.63, 3.8) is 0 Å². The molecule has 0 aliphatic carbocycles. The minimum Gasteiger partial charge on any atom is -0.355 e. The monoisotopic (exact) mass is 347 g/mol. The summed E-state index contributed by atoms with van der Waals surface area (Å²) in [7, 11) is 0. The van der Waals surface area contributed by atoms with E-state index in [0.29, 0.717) is 6.54 Å².